The van der Waals surface area contributed by atoms with Crippen LogP contribution in [0.25, 0.3) is 0 Å². The molecule has 0 unspecified atom stereocenters. The highest BCUT2D eigenvalue weighted by Gasteiger charge is 2.36. The van der Waals surface area contributed by atoms with Crippen molar-refractivity contribution in [2.45, 2.75) is 12.7 Å². The largest absolute Gasteiger partial charge is 0.465 e. The number of hydrogen-bond donors (Lipinski definition) is 0. The molecular weight excluding hydrogens is 565 g/mol. The zero-order valence-electron chi connectivity index (χ0n) is 21.1. The van der Waals surface area contributed by atoms with E-state index in [1.807, 2.05) is 6.07 Å². The number of ether oxygens (including phenoxy) is 1. The maximum Gasteiger partial charge on any atom is 0.450 e. The van der Waals surface area contributed by atoms with Crippen LogP contribution in [-0.4, -0.2) is 45.4 Å². The molecule has 0 aliphatic rings. The third kappa shape index (κ3) is 9.10. The van der Waals surface area contributed by atoms with Gasteiger partial charge in [0.2, 0.25) is 0 Å². The van der Waals surface area contributed by atoms with Crippen LogP contribution in [0.15, 0.2) is 78.9 Å². The van der Waals surface area contributed by atoms with Crippen LogP contribution in [-0.2, 0) is 19.8 Å². The van der Waals surface area contributed by atoms with Crippen molar-refractivity contribution in [1.29, 1.82) is 0 Å². The molecule has 0 heterocycles. The van der Waals surface area contributed by atoms with E-state index in [4.69, 9.17) is 13.8 Å². The van der Waals surface area contributed by atoms with Crippen molar-refractivity contribution in [2.75, 3.05) is 19.4 Å². The van der Waals surface area contributed by atoms with Gasteiger partial charge in [-0.15, -0.1) is 0 Å². The minimum atomic E-state index is -4.51. The van der Waals surface area contributed by atoms with Crippen LogP contribution in [0.3, 0.4) is 0 Å². The van der Waals surface area contributed by atoms with Gasteiger partial charge in [-0.3, -0.25) is 29.8 Å². The van der Waals surface area contributed by atoms with Gasteiger partial charge in [0.05, 0.1) is 28.6 Å². The molecule has 0 saturated heterocycles. The lowest BCUT2D eigenvalue weighted by molar-refractivity contribution is -0.385. The predicted octanol–water partition coefficient (Wildman–Crippen LogP) is 6.03. The molecule has 0 aliphatic carbocycles. The van der Waals surface area contributed by atoms with Crippen LogP contribution in [0.5, 0.6) is 11.5 Å². The maximum atomic E-state index is 14.1. The van der Waals surface area contributed by atoms with Gasteiger partial charge in [0.1, 0.15) is 24.3 Å². The molecule has 3 rings (SSSR count). The average Bonchev–Trinajstić information content (AvgIpc) is 2.92. The number of esters is 1. The fourth-order valence-corrected chi connectivity index (χ4v) is 5.82. The first kappa shape index (κ1) is 30.1. The number of nitrogens with zero attached hydrogens (tertiary/aromatic N) is 3. The second-order valence-electron chi connectivity index (χ2n) is 7.99. The van der Waals surface area contributed by atoms with Gasteiger partial charge in [-0.2, -0.15) is 0 Å². The second-order valence-corrected chi connectivity index (χ2v) is 10.8. The fourth-order valence-electron chi connectivity index (χ4n) is 3.26. The van der Waals surface area contributed by atoms with E-state index in [0.717, 1.165) is 34.4 Å². The highest BCUT2D eigenvalue weighted by atomic mass is 32.2. The van der Waals surface area contributed by atoms with Gasteiger partial charge in [0, 0.05) is 17.9 Å². The Labute approximate surface area is 232 Å². The molecule has 3 aromatic carbocycles. The van der Waals surface area contributed by atoms with E-state index in [1.54, 1.807) is 31.2 Å². The number of hydrogen-bond acceptors (Lipinski definition) is 11. The molecule has 0 bridgehead atoms. The number of benzene rings is 3. The summed E-state index contributed by atoms with van der Waals surface area (Å²) in [6, 6.07) is 18.6. The summed E-state index contributed by atoms with van der Waals surface area (Å²) in [5.74, 6) is -0.985. The Bertz CT molecular complexity index is 1360. The molecule has 0 aliphatic heterocycles. The van der Waals surface area contributed by atoms with Gasteiger partial charge in [0.25, 0.3) is 16.6 Å². The van der Waals surface area contributed by atoms with Crippen molar-refractivity contribution in [1.82, 2.24) is 4.90 Å². The molecular formula is C25H24N3O10PS. The van der Waals surface area contributed by atoms with Gasteiger partial charge < -0.3 is 18.7 Å². The average molecular weight is 590 g/mol. The molecule has 0 N–H and O–H groups in total. The van der Waals surface area contributed by atoms with Crippen molar-refractivity contribution in [3.05, 3.63) is 105 Å². The summed E-state index contributed by atoms with van der Waals surface area (Å²) >= 11 is 0.832. The molecule has 40 heavy (non-hydrogen) atoms. The molecule has 1 amide bonds. The van der Waals surface area contributed by atoms with Crippen LogP contribution in [0, 0.1) is 20.2 Å². The maximum absolute atomic E-state index is 14.1. The molecule has 0 fully saturated rings. The number of rotatable bonds is 13. The summed E-state index contributed by atoms with van der Waals surface area (Å²) in [5, 5.41) is 21.8. The van der Waals surface area contributed by atoms with Crippen molar-refractivity contribution in [3.63, 3.8) is 0 Å². The Morgan fingerprint density at radius 1 is 0.875 bits per heavy atom. The van der Waals surface area contributed by atoms with Gasteiger partial charge >= 0.3 is 13.6 Å². The lowest BCUT2D eigenvalue weighted by atomic mass is 10.2. The first-order chi connectivity index (χ1) is 19.1. The summed E-state index contributed by atoms with van der Waals surface area (Å²) in [5.41, 5.74) is 0.0929. The van der Waals surface area contributed by atoms with E-state index in [9.17, 15) is 34.4 Å². The Hall–Kier alpha value is -4.42. The number of nitro benzene ring substituents is 2. The minimum Gasteiger partial charge on any atom is -0.465 e. The first-order valence-electron chi connectivity index (χ1n) is 11.7. The molecule has 3 aromatic rings. The quantitative estimate of drug-likeness (QED) is 0.0987. The molecule has 0 atom stereocenters. The van der Waals surface area contributed by atoms with E-state index < -0.39 is 41.5 Å². The smallest absolute Gasteiger partial charge is 0.450 e. The highest BCUT2D eigenvalue weighted by Crippen LogP contribution is 2.50. The lowest BCUT2D eigenvalue weighted by Crippen LogP contribution is -2.36. The van der Waals surface area contributed by atoms with E-state index in [2.05, 4.69) is 0 Å². The summed E-state index contributed by atoms with van der Waals surface area (Å²) in [6.45, 7) is 1.01. The first-order valence-corrected chi connectivity index (χ1v) is 14.4. The Morgan fingerprint density at radius 3 is 1.93 bits per heavy atom. The Kier molecular flexibility index (Phi) is 10.6. The topological polar surface area (TPSA) is 168 Å². The lowest BCUT2D eigenvalue weighted by Gasteiger charge is -2.26. The summed E-state index contributed by atoms with van der Waals surface area (Å²) in [6.07, 6.45) is -0.780. The van der Waals surface area contributed by atoms with Crippen molar-refractivity contribution < 1.29 is 37.8 Å². The van der Waals surface area contributed by atoms with E-state index in [-0.39, 0.29) is 35.2 Å². The van der Waals surface area contributed by atoms with Crippen molar-refractivity contribution >= 4 is 41.9 Å². The fraction of sp³-hybridized carbons (Fsp3) is 0.200. The van der Waals surface area contributed by atoms with Crippen LogP contribution < -0.4 is 9.05 Å². The zero-order valence-corrected chi connectivity index (χ0v) is 22.8. The van der Waals surface area contributed by atoms with Crippen LogP contribution in [0.4, 0.5) is 16.2 Å². The number of carbonyl (C=O) groups is 2. The summed E-state index contributed by atoms with van der Waals surface area (Å²) in [4.78, 5) is 47.5. The third-order valence-electron chi connectivity index (χ3n) is 4.98. The van der Waals surface area contributed by atoms with Crippen molar-refractivity contribution in [3.8, 4) is 11.5 Å². The number of carbonyl (C=O) groups excluding carboxylic acids is 2. The molecule has 13 nitrogen and oxygen atoms in total. The summed E-state index contributed by atoms with van der Waals surface area (Å²) < 4.78 is 30.2. The number of thioether (sulfide) groups is 1. The van der Waals surface area contributed by atoms with Crippen LogP contribution in [0.1, 0.15) is 12.5 Å². The summed E-state index contributed by atoms with van der Waals surface area (Å²) in [7, 11) is -4.51. The normalized spacial score (nSPS) is 10.8. The third-order valence-corrected chi connectivity index (χ3v) is 7.63. The molecule has 0 saturated carbocycles. The Morgan fingerprint density at radius 2 is 1.43 bits per heavy atom. The molecule has 0 aromatic heterocycles. The second kappa shape index (κ2) is 14.1. The standard InChI is InChI=1S/C25H24N3O10PS/c1-2-36-24(29)16-26(25(30)40-17-19-8-4-3-5-9-19)18-39(35,37-22-12-6-10-20(14-22)27(31)32)38-23-13-7-11-21(15-23)28(33)34/h3-15H,2,16-18H2,1H3. The monoisotopic (exact) mass is 589 g/mol. The number of non-ortho nitro benzene ring substituents is 2. The molecule has 0 spiro atoms. The van der Waals surface area contributed by atoms with Crippen LogP contribution >= 0.6 is 19.4 Å². The number of amides is 1. The van der Waals surface area contributed by atoms with Gasteiger partial charge in [-0.05, 0) is 24.6 Å². The van der Waals surface area contributed by atoms with Gasteiger partial charge in [0.15, 0.2) is 0 Å². The molecule has 15 heteroatoms. The van der Waals surface area contributed by atoms with Crippen molar-refractivity contribution in [2.24, 2.45) is 0 Å². The zero-order chi connectivity index (χ0) is 29.1. The van der Waals surface area contributed by atoms with E-state index in [1.165, 1.54) is 36.4 Å². The minimum absolute atomic E-state index is 0.0318. The predicted molar refractivity (Wildman–Crippen MR) is 146 cm³/mol. The SMILES string of the molecule is CCOC(=O)CN(CP(=O)(Oc1cccc([N+](=O)[O-])c1)Oc1cccc([N+](=O)[O-])c1)C(=O)SCc1ccccc1. The van der Waals surface area contributed by atoms with E-state index in [0.29, 0.717) is 0 Å². The molecule has 0 radical (unpaired) electrons. The highest BCUT2D eigenvalue weighted by molar-refractivity contribution is 8.12. The van der Waals surface area contributed by atoms with Gasteiger partial charge in [-0.1, -0.05) is 54.2 Å². The number of nitro groups is 2. The van der Waals surface area contributed by atoms with E-state index >= 15 is 0 Å². The van der Waals surface area contributed by atoms with Crippen LogP contribution in [0.2, 0.25) is 0 Å². The molecule has 210 valence electrons. The van der Waals surface area contributed by atoms with Gasteiger partial charge in [-0.25, -0.2) is 4.57 Å². The Balaban J connectivity index is 1.95.